The molecule has 2 aromatic carbocycles. The number of carbonyl (C=O) groups is 2. The highest BCUT2D eigenvalue weighted by Crippen LogP contribution is 2.20. The average Bonchev–Trinajstić information content (AvgIpc) is 2.68. The van der Waals surface area contributed by atoms with Crippen LogP contribution in [0.4, 0.5) is 5.69 Å². The summed E-state index contributed by atoms with van der Waals surface area (Å²) in [5.41, 5.74) is 2.28. The molecule has 28 heavy (non-hydrogen) atoms. The SMILES string of the molecule is CCOc1ccc(C(C)=O)cc1C[NH+](CC)CC(=O)Nc1cccc(OC)c1. The van der Waals surface area contributed by atoms with E-state index < -0.39 is 0 Å². The molecule has 6 heteroatoms. The first-order valence-corrected chi connectivity index (χ1v) is 9.50. The molecular weight excluding hydrogens is 356 g/mol. The summed E-state index contributed by atoms with van der Waals surface area (Å²) in [5, 5.41) is 2.91. The van der Waals surface area contributed by atoms with Gasteiger partial charge in [-0.25, -0.2) is 0 Å². The maximum Gasteiger partial charge on any atom is 0.279 e. The molecule has 2 aromatic rings. The van der Waals surface area contributed by atoms with Gasteiger partial charge in [0.2, 0.25) is 0 Å². The van der Waals surface area contributed by atoms with Crippen molar-refractivity contribution in [3.05, 3.63) is 53.6 Å². The number of benzene rings is 2. The predicted octanol–water partition coefficient (Wildman–Crippen LogP) is 2.34. The molecule has 0 saturated carbocycles. The zero-order valence-corrected chi connectivity index (χ0v) is 17.0. The molecule has 0 aromatic heterocycles. The molecule has 0 spiro atoms. The summed E-state index contributed by atoms with van der Waals surface area (Å²) in [4.78, 5) is 25.3. The Morgan fingerprint density at radius 2 is 1.89 bits per heavy atom. The molecule has 150 valence electrons. The van der Waals surface area contributed by atoms with Gasteiger partial charge in [-0.15, -0.1) is 0 Å². The zero-order valence-electron chi connectivity index (χ0n) is 17.0. The fraction of sp³-hybridized carbons (Fsp3) is 0.364. The summed E-state index contributed by atoms with van der Waals surface area (Å²) in [6.45, 7) is 7.72. The lowest BCUT2D eigenvalue weighted by molar-refractivity contribution is -0.903. The Labute approximate surface area is 166 Å². The Morgan fingerprint density at radius 1 is 1.11 bits per heavy atom. The molecule has 1 amide bonds. The number of likely N-dealkylation sites (N-methyl/N-ethyl adjacent to an activating group) is 1. The van der Waals surface area contributed by atoms with E-state index in [0.717, 1.165) is 22.8 Å². The second-order valence-electron chi connectivity index (χ2n) is 6.55. The van der Waals surface area contributed by atoms with Crippen molar-refractivity contribution >= 4 is 17.4 Å². The van der Waals surface area contributed by atoms with E-state index >= 15 is 0 Å². The van der Waals surface area contributed by atoms with E-state index in [-0.39, 0.29) is 11.7 Å². The molecule has 1 atom stereocenters. The summed E-state index contributed by atoms with van der Waals surface area (Å²) >= 11 is 0. The Bertz CT molecular complexity index is 820. The van der Waals surface area contributed by atoms with Gasteiger partial charge in [-0.1, -0.05) is 6.07 Å². The van der Waals surface area contributed by atoms with Crippen LogP contribution in [0.2, 0.25) is 0 Å². The highest BCUT2D eigenvalue weighted by Gasteiger charge is 2.17. The largest absolute Gasteiger partial charge is 0.497 e. The molecule has 0 fully saturated rings. The fourth-order valence-electron chi connectivity index (χ4n) is 2.95. The first-order valence-electron chi connectivity index (χ1n) is 9.50. The summed E-state index contributed by atoms with van der Waals surface area (Å²) in [5.74, 6) is 1.38. The van der Waals surface area contributed by atoms with Crippen LogP contribution in [0.25, 0.3) is 0 Å². The van der Waals surface area contributed by atoms with Crippen LogP contribution in [0.15, 0.2) is 42.5 Å². The van der Waals surface area contributed by atoms with Gasteiger partial charge >= 0.3 is 0 Å². The molecule has 2 N–H and O–H groups in total. The third kappa shape index (κ3) is 6.09. The normalized spacial score (nSPS) is 11.6. The van der Waals surface area contributed by atoms with E-state index in [1.807, 2.05) is 44.2 Å². The summed E-state index contributed by atoms with van der Waals surface area (Å²) in [7, 11) is 1.59. The second-order valence-corrected chi connectivity index (χ2v) is 6.55. The fourth-order valence-corrected chi connectivity index (χ4v) is 2.95. The Morgan fingerprint density at radius 3 is 2.54 bits per heavy atom. The lowest BCUT2D eigenvalue weighted by atomic mass is 10.1. The molecule has 0 aliphatic heterocycles. The van der Waals surface area contributed by atoms with Crippen molar-refractivity contribution in [2.45, 2.75) is 27.3 Å². The van der Waals surface area contributed by atoms with E-state index in [0.29, 0.717) is 36.7 Å². The number of quaternary nitrogens is 1. The summed E-state index contributed by atoms with van der Waals surface area (Å²) in [6.07, 6.45) is 0. The molecule has 1 unspecified atom stereocenters. The van der Waals surface area contributed by atoms with Crippen molar-refractivity contribution in [3.63, 3.8) is 0 Å². The minimum Gasteiger partial charge on any atom is -0.497 e. The van der Waals surface area contributed by atoms with Crippen LogP contribution in [0.3, 0.4) is 0 Å². The van der Waals surface area contributed by atoms with Crippen molar-refractivity contribution in [2.24, 2.45) is 0 Å². The number of carbonyl (C=O) groups excluding carboxylic acids is 2. The number of nitrogens with one attached hydrogen (secondary N) is 2. The number of ether oxygens (including phenoxy) is 2. The first-order chi connectivity index (χ1) is 13.5. The Kier molecular flexibility index (Phi) is 8.02. The number of rotatable bonds is 10. The molecule has 0 aliphatic carbocycles. The maximum absolute atomic E-state index is 12.5. The van der Waals surface area contributed by atoms with Crippen molar-refractivity contribution in [2.75, 3.05) is 32.1 Å². The lowest BCUT2D eigenvalue weighted by Crippen LogP contribution is -3.11. The molecule has 0 radical (unpaired) electrons. The summed E-state index contributed by atoms with van der Waals surface area (Å²) < 4.78 is 10.9. The van der Waals surface area contributed by atoms with Crippen LogP contribution >= 0.6 is 0 Å². The minimum absolute atomic E-state index is 0.0121. The number of ketones is 1. The maximum atomic E-state index is 12.5. The third-order valence-electron chi connectivity index (χ3n) is 4.47. The number of amides is 1. The first kappa shape index (κ1) is 21.4. The van der Waals surface area contributed by atoms with Crippen LogP contribution in [0.1, 0.15) is 36.7 Å². The highest BCUT2D eigenvalue weighted by atomic mass is 16.5. The van der Waals surface area contributed by atoms with Gasteiger partial charge < -0.3 is 19.7 Å². The second kappa shape index (κ2) is 10.5. The monoisotopic (exact) mass is 385 g/mol. The molecule has 0 heterocycles. The van der Waals surface area contributed by atoms with Gasteiger partial charge in [-0.05, 0) is 51.1 Å². The Balaban J connectivity index is 2.09. The van der Waals surface area contributed by atoms with Crippen LogP contribution < -0.4 is 19.7 Å². The van der Waals surface area contributed by atoms with Crippen molar-refractivity contribution in [1.82, 2.24) is 0 Å². The van der Waals surface area contributed by atoms with Gasteiger partial charge in [0, 0.05) is 22.9 Å². The van der Waals surface area contributed by atoms with Gasteiger partial charge in [0.15, 0.2) is 12.3 Å². The molecule has 0 bridgehead atoms. The van der Waals surface area contributed by atoms with E-state index in [1.54, 1.807) is 26.2 Å². The van der Waals surface area contributed by atoms with E-state index in [2.05, 4.69) is 5.32 Å². The van der Waals surface area contributed by atoms with Gasteiger partial charge in [-0.2, -0.15) is 0 Å². The number of Topliss-reactive ketones (excluding diaryl/α,β-unsaturated/α-hetero) is 1. The third-order valence-corrected chi connectivity index (χ3v) is 4.47. The van der Waals surface area contributed by atoms with Gasteiger partial charge in [-0.3, -0.25) is 9.59 Å². The van der Waals surface area contributed by atoms with E-state index in [9.17, 15) is 9.59 Å². The zero-order chi connectivity index (χ0) is 20.5. The Hall–Kier alpha value is -2.86. The standard InChI is InChI=1S/C22H28N2O4/c1-5-24(15-22(26)23-19-8-7-9-20(13-19)27-4)14-18-12-17(16(3)25)10-11-21(18)28-6-2/h7-13H,5-6,14-15H2,1-4H3,(H,23,26)/p+1. The number of hydrogen-bond donors (Lipinski definition) is 2. The molecular formula is C22H29N2O4+. The van der Waals surface area contributed by atoms with Gasteiger partial charge in [0.25, 0.3) is 5.91 Å². The van der Waals surface area contributed by atoms with Crippen LogP contribution in [-0.2, 0) is 11.3 Å². The summed E-state index contributed by atoms with van der Waals surface area (Å²) in [6, 6.07) is 12.7. The lowest BCUT2D eigenvalue weighted by Gasteiger charge is -2.19. The molecule has 6 nitrogen and oxygen atoms in total. The highest BCUT2D eigenvalue weighted by molar-refractivity contribution is 5.94. The number of anilines is 1. The number of methoxy groups -OCH3 is 1. The van der Waals surface area contributed by atoms with Crippen LogP contribution in [0, 0.1) is 0 Å². The van der Waals surface area contributed by atoms with E-state index in [4.69, 9.17) is 9.47 Å². The molecule has 0 saturated heterocycles. The smallest absolute Gasteiger partial charge is 0.279 e. The molecule has 2 rings (SSSR count). The number of hydrogen-bond acceptors (Lipinski definition) is 4. The van der Waals surface area contributed by atoms with Crippen molar-refractivity contribution in [3.8, 4) is 11.5 Å². The quantitative estimate of drug-likeness (QED) is 0.616. The van der Waals surface area contributed by atoms with Gasteiger partial charge in [0.05, 0.1) is 20.3 Å². The molecule has 0 aliphatic rings. The average molecular weight is 385 g/mol. The van der Waals surface area contributed by atoms with Crippen molar-refractivity contribution in [1.29, 1.82) is 0 Å². The van der Waals surface area contributed by atoms with Gasteiger partial charge in [0.1, 0.15) is 18.0 Å². The topological polar surface area (TPSA) is 69.1 Å². The van der Waals surface area contributed by atoms with Crippen LogP contribution in [0.5, 0.6) is 11.5 Å². The minimum atomic E-state index is -0.0780. The van der Waals surface area contributed by atoms with Crippen LogP contribution in [-0.4, -0.2) is 38.5 Å². The van der Waals surface area contributed by atoms with Crippen molar-refractivity contribution < 1.29 is 24.0 Å². The van der Waals surface area contributed by atoms with E-state index in [1.165, 1.54) is 0 Å². The predicted molar refractivity (Wildman–Crippen MR) is 109 cm³/mol.